The predicted octanol–water partition coefficient (Wildman–Crippen LogP) is 4.74. The Morgan fingerprint density at radius 3 is 2.25 bits per heavy atom. The van der Waals surface area contributed by atoms with Gasteiger partial charge in [-0.3, -0.25) is 4.79 Å². The fourth-order valence-electron chi connectivity index (χ4n) is 2.87. The summed E-state index contributed by atoms with van der Waals surface area (Å²) >= 11 is 0. The molecule has 0 saturated heterocycles. The summed E-state index contributed by atoms with van der Waals surface area (Å²) in [4.78, 5) is 14.9. The first-order valence-corrected chi connectivity index (χ1v) is 8.06. The number of furan rings is 1. The van der Waals surface area contributed by atoms with Crippen molar-refractivity contribution < 1.29 is 9.21 Å². The summed E-state index contributed by atoms with van der Waals surface area (Å²) in [6, 6.07) is 19.7. The van der Waals surface area contributed by atoms with E-state index < -0.39 is 0 Å². The van der Waals surface area contributed by atoms with Gasteiger partial charge >= 0.3 is 0 Å². The molecule has 24 heavy (non-hydrogen) atoms. The zero-order chi connectivity index (χ0) is 16.9. The quantitative estimate of drug-likeness (QED) is 0.680. The van der Waals surface area contributed by atoms with Crippen LogP contribution in [-0.2, 0) is 13.1 Å². The van der Waals surface area contributed by atoms with E-state index >= 15 is 0 Å². The maximum Gasteiger partial charge on any atom is 0.254 e. The van der Waals surface area contributed by atoms with Crippen molar-refractivity contribution in [2.24, 2.45) is 0 Å². The molecule has 0 aliphatic carbocycles. The predicted molar refractivity (Wildman–Crippen MR) is 94.6 cm³/mol. The second-order valence-electron chi connectivity index (χ2n) is 6.10. The highest BCUT2D eigenvalue weighted by molar-refractivity contribution is 5.94. The van der Waals surface area contributed by atoms with Crippen molar-refractivity contribution in [1.29, 1.82) is 0 Å². The summed E-state index contributed by atoms with van der Waals surface area (Å²) in [5.74, 6) is 0.797. The van der Waals surface area contributed by atoms with Gasteiger partial charge in [0.05, 0.1) is 12.8 Å². The molecular weight excluding hydrogens is 298 g/mol. The average molecular weight is 319 g/mol. The molecular formula is C21H21NO2. The van der Waals surface area contributed by atoms with E-state index in [9.17, 15) is 4.79 Å². The minimum atomic E-state index is 0.0158. The summed E-state index contributed by atoms with van der Waals surface area (Å²) < 4.78 is 5.44. The van der Waals surface area contributed by atoms with Gasteiger partial charge in [0.1, 0.15) is 5.76 Å². The maximum atomic E-state index is 13.1. The van der Waals surface area contributed by atoms with Crippen LogP contribution >= 0.6 is 0 Å². The maximum absolute atomic E-state index is 13.1. The highest BCUT2D eigenvalue weighted by Crippen LogP contribution is 2.17. The molecule has 1 amide bonds. The van der Waals surface area contributed by atoms with Crippen molar-refractivity contribution in [2.45, 2.75) is 26.9 Å². The molecule has 0 radical (unpaired) electrons. The molecule has 3 rings (SSSR count). The van der Waals surface area contributed by atoms with Crippen LogP contribution in [-0.4, -0.2) is 10.8 Å². The zero-order valence-electron chi connectivity index (χ0n) is 14.0. The number of nitrogens with zero attached hydrogens (tertiary/aromatic N) is 1. The smallest absolute Gasteiger partial charge is 0.254 e. The molecule has 0 spiro atoms. The van der Waals surface area contributed by atoms with Gasteiger partial charge in [0, 0.05) is 12.1 Å². The minimum Gasteiger partial charge on any atom is -0.467 e. The van der Waals surface area contributed by atoms with Gasteiger partial charge in [0.15, 0.2) is 0 Å². The van der Waals surface area contributed by atoms with Gasteiger partial charge in [0.2, 0.25) is 0 Å². The first-order chi connectivity index (χ1) is 11.6. The molecule has 3 nitrogen and oxygen atoms in total. The minimum absolute atomic E-state index is 0.0158. The topological polar surface area (TPSA) is 33.5 Å². The molecule has 1 aromatic heterocycles. The molecule has 1 heterocycles. The largest absolute Gasteiger partial charge is 0.467 e. The van der Waals surface area contributed by atoms with Gasteiger partial charge in [-0.1, -0.05) is 47.5 Å². The standard InChI is InChI=1S/C21H21NO2/c1-16-11-17(2)13-19(12-16)21(23)22(15-20-9-6-10-24-20)14-18-7-4-3-5-8-18/h3-13H,14-15H2,1-2H3. The van der Waals surface area contributed by atoms with Crippen LogP contribution in [0.5, 0.6) is 0 Å². The Balaban J connectivity index is 1.89. The van der Waals surface area contributed by atoms with Crippen molar-refractivity contribution >= 4 is 5.91 Å². The van der Waals surface area contributed by atoms with Crippen LogP contribution in [0.4, 0.5) is 0 Å². The Kier molecular flexibility index (Phi) is 4.80. The van der Waals surface area contributed by atoms with E-state index in [4.69, 9.17) is 4.42 Å². The Morgan fingerprint density at radius 2 is 1.62 bits per heavy atom. The molecule has 0 aliphatic heterocycles. The number of carbonyl (C=O) groups excluding carboxylic acids is 1. The van der Waals surface area contributed by atoms with Crippen LogP contribution in [0.15, 0.2) is 71.3 Å². The van der Waals surface area contributed by atoms with Gasteiger partial charge in [-0.2, -0.15) is 0 Å². The van der Waals surface area contributed by atoms with Gasteiger partial charge in [-0.25, -0.2) is 0 Å². The lowest BCUT2D eigenvalue weighted by molar-refractivity contribution is 0.0717. The van der Waals surface area contributed by atoms with Crippen molar-refractivity contribution in [3.63, 3.8) is 0 Å². The van der Waals surface area contributed by atoms with Crippen molar-refractivity contribution in [3.05, 3.63) is 94.9 Å². The summed E-state index contributed by atoms with van der Waals surface area (Å²) in [5.41, 5.74) is 4.00. The highest BCUT2D eigenvalue weighted by atomic mass is 16.3. The van der Waals surface area contributed by atoms with Gasteiger partial charge in [-0.05, 0) is 43.7 Å². The number of hydrogen-bond donors (Lipinski definition) is 0. The van der Waals surface area contributed by atoms with Crippen LogP contribution in [0.25, 0.3) is 0 Å². The number of carbonyl (C=O) groups is 1. The van der Waals surface area contributed by atoms with Gasteiger partial charge in [-0.15, -0.1) is 0 Å². The lowest BCUT2D eigenvalue weighted by atomic mass is 10.1. The second kappa shape index (κ2) is 7.18. The van der Waals surface area contributed by atoms with E-state index in [1.807, 2.05) is 73.3 Å². The van der Waals surface area contributed by atoms with Gasteiger partial charge < -0.3 is 9.32 Å². The third-order valence-electron chi connectivity index (χ3n) is 3.90. The molecule has 122 valence electrons. The number of aryl methyl sites for hydroxylation is 2. The summed E-state index contributed by atoms with van der Waals surface area (Å²) in [6.07, 6.45) is 1.64. The fourth-order valence-corrected chi connectivity index (χ4v) is 2.87. The van der Waals surface area contributed by atoms with E-state index in [1.54, 1.807) is 6.26 Å². The van der Waals surface area contributed by atoms with Crippen LogP contribution < -0.4 is 0 Å². The second-order valence-corrected chi connectivity index (χ2v) is 6.10. The van der Waals surface area contributed by atoms with E-state index in [0.29, 0.717) is 13.1 Å². The monoisotopic (exact) mass is 319 g/mol. The molecule has 0 bridgehead atoms. The Labute approximate surface area is 142 Å². The fraction of sp³-hybridized carbons (Fsp3) is 0.190. The molecule has 0 N–H and O–H groups in total. The summed E-state index contributed by atoms with van der Waals surface area (Å²) in [6.45, 7) is 5.02. The summed E-state index contributed by atoms with van der Waals surface area (Å²) in [7, 11) is 0. The molecule has 0 unspecified atom stereocenters. The average Bonchev–Trinajstić information content (AvgIpc) is 3.07. The molecule has 0 aliphatic rings. The Morgan fingerprint density at radius 1 is 0.917 bits per heavy atom. The van der Waals surface area contributed by atoms with Crippen LogP contribution in [0.1, 0.15) is 32.8 Å². The third kappa shape index (κ3) is 3.93. The van der Waals surface area contributed by atoms with E-state index in [0.717, 1.165) is 28.0 Å². The van der Waals surface area contributed by atoms with Crippen LogP contribution in [0.3, 0.4) is 0 Å². The lowest BCUT2D eigenvalue weighted by Gasteiger charge is -2.22. The van der Waals surface area contributed by atoms with E-state index in [1.165, 1.54) is 0 Å². The number of hydrogen-bond acceptors (Lipinski definition) is 2. The Bertz CT molecular complexity index is 787. The zero-order valence-corrected chi connectivity index (χ0v) is 14.0. The highest BCUT2D eigenvalue weighted by Gasteiger charge is 2.18. The molecule has 3 heteroatoms. The van der Waals surface area contributed by atoms with Crippen molar-refractivity contribution in [2.75, 3.05) is 0 Å². The normalized spacial score (nSPS) is 10.6. The van der Waals surface area contributed by atoms with Crippen molar-refractivity contribution in [1.82, 2.24) is 4.90 Å². The SMILES string of the molecule is Cc1cc(C)cc(C(=O)N(Cc2ccccc2)Cc2ccco2)c1. The first-order valence-electron chi connectivity index (χ1n) is 8.06. The van der Waals surface area contributed by atoms with Crippen LogP contribution in [0, 0.1) is 13.8 Å². The lowest BCUT2D eigenvalue weighted by Crippen LogP contribution is -2.30. The van der Waals surface area contributed by atoms with Gasteiger partial charge in [0.25, 0.3) is 5.91 Å². The summed E-state index contributed by atoms with van der Waals surface area (Å²) in [5, 5.41) is 0. The number of amides is 1. The van der Waals surface area contributed by atoms with E-state index in [-0.39, 0.29) is 5.91 Å². The van der Waals surface area contributed by atoms with Crippen LogP contribution in [0.2, 0.25) is 0 Å². The molecule has 0 atom stereocenters. The van der Waals surface area contributed by atoms with Crippen molar-refractivity contribution in [3.8, 4) is 0 Å². The molecule has 3 aromatic rings. The first kappa shape index (κ1) is 16.1. The molecule has 0 saturated carbocycles. The number of benzene rings is 2. The molecule has 2 aromatic carbocycles. The molecule has 0 fully saturated rings. The van der Waals surface area contributed by atoms with E-state index in [2.05, 4.69) is 6.07 Å². The third-order valence-corrected chi connectivity index (χ3v) is 3.90. The number of rotatable bonds is 5. The Hall–Kier alpha value is -2.81.